The number of methoxy groups -OCH3 is 1. The zero-order valence-corrected chi connectivity index (χ0v) is 23.4. The largest absolute Gasteiger partial charge is 0.493 e. The molecule has 1 aromatic carbocycles. The van der Waals surface area contributed by atoms with Crippen LogP contribution < -0.4 is 15.8 Å². The van der Waals surface area contributed by atoms with E-state index in [9.17, 15) is 9.90 Å². The topological polar surface area (TPSA) is 93.8 Å². The number of carbonyl (C=O) groups excluding carboxylic acids is 1. The number of hydrogen-bond donors (Lipinski definition) is 3. The number of aryl methyl sites for hydroxylation is 1. The highest BCUT2D eigenvalue weighted by Crippen LogP contribution is 2.28. The Kier molecular flexibility index (Phi) is 14.5. The van der Waals surface area contributed by atoms with Gasteiger partial charge in [-0.15, -0.1) is 0 Å². The van der Waals surface area contributed by atoms with E-state index in [4.69, 9.17) is 15.2 Å². The van der Waals surface area contributed by atoms with E-state index in [-0.39, 0.29) is 12.5 Å². The fourth-order valence-corrected chi connectivity index (χ4v) is 4.26. The van der Waals surface area contributed by atoms with Crippen molar-refractivity contribution in [3.05, 3.63) is 29.3 Å². The molecular formula is C29H52N2O4. The van der Waals surface area contributed by atoms with Gasteiger partial charge >= 0.3 is 0 Å². The normalized spacial score (nSPS) is 14.6. The van der Waals surface area contributed by atoms with Crippen LogP contribution in [0.1, 0.15) is 84.8 Å². The number of nitrogens with one attached hydrogen (secondary N) is 1. The SMILES string of the molecule is CCCCC(C)(C)C(=O)NCC(O)C(N)CC(Cc1ccc(CC)c(OCCCOC)c1)C(C)C. The van der Waals surface area contributed by atoms with Crippen LogP contribution in [0.15, 0.2) is 18.2 Å². The number of aliphatic hydroxyl groups excluding tert-OH is 1. The van der Waals surface area contributed by atoms with E-state index in [0.29, 0.717) is 31.5 Å². The van der Waals surface area contributed by atoms with Crippen LogP contribution in [0.5, 0.6) is 5.75 Å². The molecule has 1 rings (SSSR count). The lowest BCUT2D eigenvalue weighted by Gasteiger charge is -2.29. The second-order valence-electron chi connectivity index (χ2n) is 10.9. The van der Waals surface area contributed by atoms with Gasteiger partial charge in [-0.1, -0.05) is 66.5 Å². The summed E-state index contributed by atoms with van der Waals surface area (Å²) >= 11 is 0. The Bertz CT molecular complexity index is 735. The van der Waals surface area contributed by atoms with Crippen molar-refractivity contribution in [2.45, 2.75) is 98.6 Å². The van der Waals surface area contributed by atoms with E-state index >= 15 is 0 Å². The number of nitrogens with two attached hydrogens (primary N) is 1. The summed E-state index contributed by atoms with van der Waals surface area (Å²) in [6.07, 6.45) is 5.47. The fraction of sp³-hybridized carbons (Fsp3) is 0.759. The van der Waals surface area contributed by atoms with E-state index in [2.05, 4.69) is 51.2 Å². The predicted molar refractivity (Wildman–Crippen MR) is 145 cm³/mol. The number of unbranched alkanes of at least 4 members (excludes halogenated alkanes) is 1. The van der Waals surface area contributed by atoms with Gasteiger partial charge in [-0.05, 0) is 54.7 Å². The molecule has 6 heteroatoms. The molecule has 0 aliphatic carbocycles. The second kappa shape index (κ2) is 16.2. The van der Waals surface area contributed by atoms with E-state index < -0.39 is 17.6 Å². The van der Waals surface area contributed by atoms with E-state index in [1.165, 1.54) is 11.1 Å². The first kappa shape index (κ1) is 31.4. The lowest BCUT2D eigenvalue weighted by molar-refractivity contribution is -0.130. The first-order valence-corrected chi connectivity index (χ1v) is 13.5. The zero-order valence-electron chi connectivity index (χ0n) is 23.4. The third-order valence-corrected chi connectivity index (χ3v) is 7.01. The van der Waals surface area contributed by atoms with Gasteiger partial charge in [-0.25, -0.2) is 0 Å². The van der Waals surface area contributed by atoms with Gasteiger partial charge in [0.05, 0.1) is 12.7 Å². The summed E-state index contributed by atoms with van der Waals surface area (Å²) in [5.41, 5.74) is 8.40. The summed E-state index contributed by atoms with van der Waals surface area (Å²) < 4.78 is 11.2. The molecule has 0 heterocycles. The first-order chi connectivity index (χ1) is 16.5. The molecule has 35 heavy (non-hydrogen) atoms. The number of ether oxygens (including phenoxy) is 2. The van der Waals surface area contributed by atoms with Crippen molar-refractivity contribution in [3.8, 4) is 5.75 Å². The van der Waals surface area contributed by atoms with Gasteiger partial charge in [0.25, 0.3) is 0 Å². The first-order valence-electron chi connectivity index (χ1n) is 13.5. The summed E-state index contributed by atoms with van der Waals surface area (Å²) in [5.74, 6) is 1.64. The fourth-order valence-electron chi connectivity index (χ4n) is 4.26. The van der Waals surface area contributed by atoms with Gasteiger partial charge < -0.3 is 25.6 Å². The van der Waals surface area contributed by atoms with Gasteiger partial charge in [0.2, 0.25) is 5.91 Å². The zero-order chi connectivity index (χ0) is 26.4. The van der Waals surface area contributed by atoms with Crippen molar-refractivity contribution in [2.24, 2.45) is 23.0 Å². The van der Waals surface area contributed by atoms with Crippen LogP contribution in [0.3, 0.4) is 0 Å². The van der Waals surface area contributed by atoms with Crippen LogP contribution in [0.4, 0.5) is 0 Å². The molecule has 3 atom stereocenters. The molecule has 0 aliphatic rings. The molecule has 0 saturated carbocycles. The monoisotopic (exact) mass is 492 g/mol. The van der Waals surface area contributed by atoms with Crippen LogP contribution in [0.25, 0.3) is 0 Å². The quantitative estimate of drug-likeness (QED) is 0.254. The molecule has 202 valence electrons. The third kappa shape index (κ3) is 11.3. The molecular weight excluding hydrogens is 440 g/mol. The van der Waals surface area contributed by atoms with Crippen molar-refractivity contribution in [2.75, 3.05) is 26.9 Å². The molecule has 1 amide bonds. The molecule has 0 fully saturated rings. The van der Waals surface area contributed by atoms with E-state index in [1.807, 2.05) is 13.8 Å². The summed E-state index contributed by atoms with van der Waals surface area (Å²) in [7, 11) is 1.70. The minimum absolute atomic E-state index is 0.0216. The molecule has 4 N–H and O–H groups in total. The van der Waals surface area contributed by atoms with Crippen LogP contribution in [0.2, 0.25) is 0 Å². The number of hydrogen-bond acceptors (Lipinski definition) is 5. The van der Waals surface area contributed by atoms with Crippen LogP contribution in [-0.2, 0) is 22.4 Å². The highest BCUT2D eigenvalue weighted by Gasteiger charge is 2.28. The average Bonchev–Trinajstić information content (AvgIpc) is 2.83. The lowest BCUT2D eigenvalue weighted by Crippen LogP contribution is -2.47. The summed E-state index contributed by atoms with van der Waals surface area (Å²) in [6, 6.07) is 6.09. The van der Waals surface area contributed by atoms with Crippen LogP contribution >= 0.6 is 0 Å². The molecule has 1 aromatic rings. The minimum Gasteiger partial charge on any atom is -0.493 e. The van der Waals surface area contributed by atoms with E-state index in [0.717, 1.165) is 44.3 Å². The molecule has 0 aromatic heterocycles. The maximum absolute atomic E-state index is 12.6. The van der Waals surface area contributed by atoms with Gasteiger partial charge in [-0.2, -0.15) is 0 Å². The van der Waals surface area contributed by atoms with Crippen LogP contribution in [0, 0.1) is 17.3 Å². The molecule has 0 aliphatic heterocycles. The number of benzene rings is 1. The summed E-state index contributed by atoms with van der Waals surface area (Å²) in [4.78, 5) is 12.6. The van der Waals surface area contributed by atoms with Crippen molar-refractivity contribution in [3.63, 3.8) is 0 Å². The smallest absolute Gasteiger partial charge is 0.225 e. The van der Waals surface area contributed by atoms with Crippen molar-refractivity contribution < 1.29 is 19.4 Å². The molecule has 0 bridgehead atoms. The molecule has 0 spiro atoms. The maximum Gasteiger partial charge on any atom is 0.225 e. The highest BCUT2D eigenvalue weighted by molar-refractivity contribution is 5.81. The summed E-state index contributed by atoms with van der Waals surface area (Å²) in [5, 5.41) is 13.6. The Labute approximate surface area is 214 Å². The molecule has 0 saturated heterocycles. The molecule has 6 nitrogen and oxygen atoms in total. The Morgan fingerprint density at radius 2 is 1.89 bits per heavy atom. The maximum atomic E-state index is 12.6. The molecule has 0 radical (unpaired) electrons. The van der Waals surface area contributed by atoms with Crippen molar-refractivity contribution >= 4 is 5.91 Å². The van der Waals surface area contributed by atoms with Crippen molar-refractivity contribution in [1.82, 2.24) is 5.32 Å². The lowest BCUT2D eigenvalue weighted by atomic mass is 9.83. The van der Waals surface area contributed by atoms with E-state index in [1.54, 1.807) is 7.11 Å². The Morgan fingerprint density at radius 1 is 1.17 bits per heavy atom. The van der Waals surface area contributed by atoms with Gasteiger partial charge in [0.15, 0.2) is 0 Å². The Morgan fingerprint density at radius 3 is 2.49 bits per heavy atom. The number of rotatable bonds is 18. The van der Waals surface area contributed by atoms with Crippen molar-refractivity contribution in [1.29, 1.82) is 0 Å². The predicted octanol–water partition coefficient (Wildman–Crippen LogP) is 4.89. The number of amides is 1. The van der Waals surface area contributed by atoms with Crippen LogP contribution in [-0.4, -0.2) is 50.0 Å². The van der Waals surface area contributed by atoms with Gasteiger partial charge in [0, 0.05) is 38.1 Å². The average molecular weight is 493 g/mol. The number of aliphatic hydroxyl groups is 1. The summed E-state index contributed by atoms with van der Waals surface area (Å²) in [6.45, 7) is 14.1. The van der Waals surface area contributed by atoms with Gasteiger partial charge in [0.1, 0.15) is 5.75 Å². The standard InChI is InChI=1S/C29H52N2O4/c1-8-10-14-29(5,6)28(33)31-20-26(32)25(30)19-24(21(3)4)17-22-12-13-23(9-2)27(18-22)35-16-11-15-34-7/h12-13,18,21,24-26,32H,8-11,14-17,19-20,30H2,1-7H3,(H,31,33). The second-order valence-corrected chi connectivity index (χ2v) is 10.9. The Balaban J connectivity index is 2.73. The minimum atomic E-state index is -0.774. The Hall–Kier alpha value is -1.63. The van der Waals surface area contributed by atoms with Gasteiger partial charge in [-0.3, -0.25) is 4.79 Å². The third-order valence-electron chi connectivity index (χ3n) is 7.01. The number of carbonyl (C=O) groups is 1. The molecule has 3 unspecified atom stereocenters. The highest BCUT2D eigenvalue weighted by atomic mass is 16.5.